The number of halogens is 3. The molecule has 1 N–H and O–H groups in total. The molecule has 0 unspecified atom stereocenters. The van der Waals surface area contributed by atoms with Crippen LogP contribution in [0.15, 0.2) is 12.1 Å². The van der Waals surface area contributed by atoms with Gasteiger partial charge in [0.15, 0.2) is 0 Å². The van der Waals surface area contributed by atoms with Crippen molar-refractivity contribution in [3.05, 3.63) is 21.3 Å². The standard InChI is InChI=1S/C13H21ClN2S.2ClH/c1-13(2,3)12(10-4-5-11(14)17-10)16-8-6-15-7-9-16;;/h4-5,12,15H,6-9H2,1-3H3;2*1H/t12-;;/m1../s1. The second-order valence-corrected chi connectivity index (χ2v) is 7.44. The lowest BCUT2D eigenvalue weighted by molar-refractivity contribution is 0.0888. The van der Waals surface area contributed by atoms with Crippen molar-refractivity contribution in [3.8, 4) is 0 Å². The molecule has 1 atom stereocenters. The Morgan fingerprint density at radius 3 is 2.21 bits per heavy atom. The first-order valence-corrected chi connectivity index (χ1v) is 7.38. The van der Waals surface area contributed by atoms with Crippen LogP contribution in [0.25, 0.3) is 0 Å². The van der Waals surface area contributed by atoms with Crippen molar-refractivity contribution in [1.82, 2.24) is 10.2 Å². The molecule has 1 aromatic rings. The van der Waals surface area contributed by atoms with Gasteiger partial charge in [0, 0.05) is 37.1 Å². The maximum atomic E-state index is 6.08. The van der Waals surface area contributed by atoms with Gasteiger partial charge in [0.1, 0.15) is 0 Å². The number of hydrogen-bond acceptors (Lipinski definition) is 3. The molecule has 0 radical (unpaired) electrons. The second kappa shape index (κ2) is 8.06. The highest BCUT2D eigenvalue weighted by atomic mass is 35.5. The molecule has 2 nitrogen and oxygen atoms in total. The fourth-order valence-electron chi connectivity index (χ4n) is 2.57. The first-order chi connectivity index (χ1) is 7.98. The Balaban J connectivity index is 0.00000162. The van der Waals surface area contributed by atoms with E-state index in [0.717, 1.165) is 30.5 Å². The third-order valence-corrected chi connectivity index (χ3v) is 4.48. The Hall–Kier alpha value is 0.490. The topological polar surface area (TPSA) is 15.3 Å². The van der Waals surface area contributed by atoms with E-state index in [1.54, 1.807) is 11.3 Å². The molecule has 0 spiro atoms. The zero-order chi connectivity index (χ0) is 12.5. The van der Waals surface area contributed by atoms with Crippen LogP contribution in [0.2, 0.25) is 4.34 Å². The molecule has 1 saturated heterocycles. The van der Waals surface area contributed by atoms with Gasteiger partial charge in [-0.1, -0.05) is 32.4 Å². The van der Waals surface area contributed by atoms with Gasteiger partial charge in [-0.3, -0.25) is 4.90 Å². The smallest absolute Gasteiger partial charge is 0.0931 e. The van der Waals surface area contributed by atoms with Gasteiger partial charge < -0.3 is 5.32 Å². The molecule has 2 heterocycles. The van der Waals surface area contributed by atoms with Crippen molar-refractivity contribution in [2.24, 2.45) is 5.41 Å². The third kappa shape index (κ3) is 5.07. The molecule has 1 aliphatic rings. The van der Waals surface area contributed by atoms with Gasteiger partial charge in [0.05, 0.1) is 4.34 Å². The molecule has 0 saturated carbocycles. The highest BCUT2D eigenvalue weighted by Crippen LogP contribution is 2.41. The summed E-state index contributed by atoms with van der Waals surface area (Å²) in [5.41, 5.74) is 0.242. The summed E-state index contributed by atoms with van der Waals surface area (Å²) in [5.74, 6) is 0. The van der Waals surface area contributed by atoms with E-state index in [1.165, 1.54) is 4.88 Å². The van der Waals surface area contributed by atoms with Crippen molar-refractivity contribution >= 4 is 47.8 Å². The molecule has 0 bridgehead atoms. The Morgan fingerprint density at radius 1 is 1.21 bits per heavy atom. The van der Waals surface area contributed by atoms with Crippen LogP contribution in [-0.4, -0.2) is 31.1 Å². The first kappa shape index (κ1) is 19.5. The van der Waals surface area contributed by atoms with Crippen LogP contribution in [0.4, 0.5) is 0 Å². The van der Waals surface area contributed by atoms with Gasteiger partial charge in [-0.15, -0.1) is 36.2 Å². The van der Waals surface area contributed by atoms with Crippen molar-refractivity contribution in [3.63, 3.8) is 0 Å². The molecule has 0 aromatic carbocycles. The molecule has 6 heteroatoms. The molecule has 0 aliphatic carbocycles. The van der Waals surface area contributed by atoms with E-state index in [0.29, 0.717) is 6.04 Å². The minimum absolute atomic E-state index is 0. The summed E-state index contributed by atoms with van der Waals surface area (Å²) < 4.78 is 0.893. The van der Waals surface area contributed by atoms with Crippen molar-refractivity contribution in [2.75, 3.05) is 26.2 Å². The van der Waals surface area contributed by atoms with Crippen LogP contribution in [0, 0.1) is 5.41 Å². The number of piperazine rings is 1. The number of nitrogens with one attached hydrogen (secondary N) is 1. The van der Waals surface area contributed by atoms with Gasteiger partial charge in [-0.25, -0.2) is 0 Å². The van der Waals surface area contributed by atoms with E-state index < -0.39 is 0 Å². The summed E-state index contributed by atoms with van der Waals surface area (Å²) in [4.78, 5) is 3.97. The molecule has 112 valence electrons. The van der Waals surface area contributed by atoms with Crippen LogP contribution in [0.3, 0.4) is 0 Å². The first-order valence-electron chi connectivity index (χ1n) is 6.18. The molecule has 1 aromatic heterocycles. The van der Waals surface area contributed by atoms with Gasteiger partial charge in [-0.05, 0) is 17.5 Å². The normalized spacial score (nSPS) is 18.3. The van der Waals surface area contributed by atoms with Crippen molar-refractivity contribution in [1.29, 1.82) is 0 Å². The van der Waals surface area contributed by atoms with E-state index in [2.05, 4.69) is 37.1 Å². The summed E-state index contributed by atoms with van der Waals surface area (Å²) in [6.45, 7) is 11.4. The second-order valence-electron chi connectivity index (χ2n) is 5.70. The van der Waals surface area contributed by atoms with Crippen LogP contribution in [0.5, 0.6) is 0 Å². The van der Waals surface area contributed by atoms with Crippen LogP contribution >= 0.6 is 47.8 Å². The van der Waals surface area contributed by atoms with Crippen molar-refractivity contribution in [2.45, 2.75) is 26.8 Å². The van der Waals surface area contributed by atoms with Gasteiger partial charge in [0.25, 0.3) is 0 Å². The molecular weight excluding hydrogens is 323 g/mol. The molecule has 19 heavy (non-hydrogen) atoms. The SMILES string of the molecule is CC(C)(C)[C@@H](c1ccc(Cl)s1)N1CCNCC1.Cl.Cl. The van der Waals surface area contributed by atoms with E-state index in [1.807, 2.05) is 6.07 Å². The molecule has 0 amide bonds. The third-order valence-electron chi connectivity index (χ3n) is 3.20. The molecule has 2 rings (SSSR count). The molecular formula is C13H23Cl3N2S. The predicted octanol–water partition coefficient (Wildman–Crippen LogP) is 4.24. The number of rotatable bonds is 2. The maximum absolute atomic E-state index is 6.08. The Morgan fingerprint density at radius 2 is 1.79 bits per heavy atom. The Kier molecular flexibility index (Phi) is 8.27. The summed E-state index contributed by atoms with van der Waals surface area (Å²) in [5, 5.41) is 3.41. The summed E-state index contributed by atoms with van der Waals surface area (Å²) in [7, 11) is 0. The van der Waals surface area contributed by atoms with Crippen LogP contribution in [-0.2, 0) is 0 Å². The highest BCUT2D eigenvalue weighted by molar-refractivity contribution is 7.16. The lowest BCUT2D eigenvalue weighted by Crippen LogP contribution is -2.48. The van der Waals surface area contributed by atoms with Crippen molar-refractivity contribution < 1.29 is 0 Å². The number of hydrogen-bond donors (Lipinski definition) is 1. The molecule has 1 fully saturated rings. The Labute approximate surface area is 137 Å². The van der Waals surface area contributed by atoms with E-state index in [9.17, 15) is 0 Å². The average molecular weight is 346 g/mol. The quantitative estimate of drug-likeness (QED) is 0.862. The Bertz CT molecular complexity index is 370. The predicted molar refractivity (Wildman–Crippen MR) is 90.5 cm³/mol. The lowest BCUT2D eigenvalue weighted by atomic mass is 9.84. The van der Waals surface area contributed by atoms with Crippen LogP contribution in [0.1, 0.15) is 31.7 Å². The zero-order valence-corrected chi connectivity index (χ0v) is 14.8. The summed E-state index contributed by atoms with van der Waals surface area (Å²) >= 11 is 7.80. The average Bonchev–Trinajstić information content (AvgIpc) is 2.64. The monoisotopic (exact) mass is 344 g/mol. The highest BCUT2D eigenvalue weighted by Gasteiger charge is 2.33. The van der Waals surface area contributed by atoms with E-state index in [-0.39, 0.29) is 30.2 Å². The fraction of sp³-hybridized carbons (Fsp3) is 0.692. The summed E-state index contributed by atoms with van der Waals surface area (Å²) in [6.07, 6.45) is 0. The molecule has 1 aliphatic heterocycles. The van der Waals surface area contributed by atoms with Gasteiger partial charge in [0.2, 0.25) is 0 Å². The zero-order valence-electron chi connectivity index (χ0n) is 11.6. The fourth-order valence-corrected chi connectivity index (χ4v) is 4.01. The summed E-state index contributed by atoms with van der Waals surface area (Å²) in [6, 6.07) is 4.68. The van der Waals surface area contributed by atoms with Crippen LogP contribution < -0.4 is 5.32 Å². The van der Waals surface area contributed by atoms with Gasteiger partial charge in [-0.2, -0.15) is 0 Å². The number of thiophene rings is 1. The maximum Gasteiger partial charge on any atom is 0.0931 e. The van der Waals surface area contributed by atoms with E-state index >= 15 is 0 Å². The lowest BCUT2D eigenvalue weighted by Gasteiger charge is -2.41. The van der Waals surface area contributed by atoms with Gasteiger partial charge >= 0.3 is 0 Å². The van der Waals surface area contributed by atoms with E-state index in [4.69, 9.17) is 11.6 Å². The number of nitrogens with zero attached hydrogens (tertiary/aromatic N) is 1. The minimum Gasteiger partial charge on any atom is -0.314 e. The largest absolute Gasteiger partial charge is 0.314 e. The minimum atomic E-state index is 0.